The minimum absolute atomic E-state index is 0.0209. The molecule has 0 bridgehead atoms. The standard InChI is InChI=1S/C25H28N4O6/c1-13(2)21(22(32)20-14(3)23(33)29-25(20)35)28-19(31)12-17(15-7-5-4-6-8-15)27-24(34)18-11-16(30)9-10-26-18/h4-11,13-14,17,20-21H,12H2,1-3H3,(H,26,30)(H,27,34)(H,28,31)(H,29,33,35)/t14-,17+,20-,21-/m1/s1. The lowest BCUT2D eigenvalue weighted by molar-refractivity contribution is -0.137. The topological polar surface area (TPSA) is 155 Å². The van der Waals surface area contributed by atoms with Crippen LogP contribution in [0.25, 0.3) is 0 Å². The summed E-state index contributed by atoms with van der Waals surface area (Å²) in [7, 11) is 0. The summed E-state index contributed by atoms with van der Waals surface area (Å²) >= 11 is 0. The fraction of sp³-hybridized carbons (Fsp3) is 0.360. The van der Waals surface area contributed by atoms with E-state index in [2.05, 4.69) is 20.9 Å². The fourth-order valence-corrected chi connectivity index (χ4v) is 3.96. The number of hydrogen-bond acceptors (Lipinski definition) is 7. The number of amides is 4. The molecule has 1 saturated heterocycles. The second-order valence-corrected chi connectivity index (χ2v) is 8.85. The van der Waals surface area contributed by atoms with Crippen LogP contribution in [-0.2, 0) is 19.2 Å². The van der Waals surface area contributed by atoms with E-state index < -0.39 is 53.3 Å². The Balaban J connectivity index is 1.77. The maximum absolute atomic E-state index is 13.1. The highest BCUT2D eigenvalue weighted by Gasteiger charge is 2.46. The number of imide groups is 1. The molecule has 4 amide bonds. The molecular weight excluding hydrogens is 452 g/mol. The summed E-state index contributed by atoms with van der Waals surface area (Å²) in [5, 5.41) is 17.2. The third-order valence-corrected chi connectivity index (χ3v) is 5.91. The number of aromatic hydroxyl groups is 1. The zero-order valence-electron chi connectivity index (χ0n) is 19.6. The van der Waals surface area contributed by atoms with Gasteiger partial charge >= 0.3 is 0 Å². The molecule has 1 fully saturated rings. The lowest BCUT2D eigenvalue weighted by Crippen LogP contribution is -2.49. The SMILES string of the molecule is CC(C)[C@@H](NC(=O)C[C@H](NC(=O)c1cc(O)ccn1)c1ccccc1)C(=O)[C@@H]1C(=O)NC(=O)[C@@H]1C. The van der Waals surface area contributed by atoms with Crippen LogP contribution in [-0.4, -0.2) is 45.5 Å². The number of nitrogens with one attached hydrogen (secondary N) is 3. The van der Waals surface area contributed by atoms with Crippen molar-refractivity contribution in [3.05, 3.63) is 59.9 Å². The van der Waals surface area contributed by atoms with Gasteiger partial charge in [-0.15, -0.1) is 0 Å². The molecule has 0 saturated carbocycles. The van der Waals surface area contributed by atoms with Gasteiger partial charge in [0.05, 0.1) is 24.4 Å². The predicted molar refractivity (Wildman–Crippen MR) is 125 cm³/mol. The van der Waals surface area contributed by atoms with E-state index in [1.54, 1.807) is 44.2 Å². The van der Waals surface area contributed by atoms with Gasteiger partial charge in [0.15, 0.2) is 5.78 Å². The van der Waals surface area contributed by atoms with Crippen molar-refractivity contribution in [1.82, 2.24) is 20.9 Å². The third kappa shape index (κ3) is 6.08. The Labute approximate surface area is 202 Å². The van der Waals surface area contributed by atoms with Gasteiger partial charge in [-0.1, -0.05) is 51.1 Å². The molecule has 35 heavy (non-hydrogen) atoms. The highest BCUT2D eigenvalue weighted by Crippen LogP contribution is 2.24. The van der Waals surface area contributed by atoms with Gasteiger partial charge in [0, 0.05) is 12.3 Å². The number of pyridine rings is 1. The number of hydrogen-bond donors (Lipinski definition) is 4. The molecule has 10 heteroatoms. The van der Waals surface area contributed by atoms with Crippen LogP contribution in [0.5, 0.6) is 5.75 Å². The number of aromatic nitrogens is 1. The number of Topliss-reactive ketones (excluding diaryl/α,β-unsaturated/α-hetero) is 1. The third-order valence-electron chi connectivity index (χ3n) is 5.91. The Kier molecular flexibility index (Phi) is 7.95. The van der Waals surface area contributed by atoms with E-state index in [4.69, 9.17) is 0 Å². The van der Waals surface area contributed by atoms with Crippen LogP contribution in [0.2, 0.25) is 0 Å². The molecule has 1 aliphatic heterocycles. The summed E-state index contributed by atoms with van der Waals surface area (Å²) in [5.74, 6) is -5.29. The number of ketones is 1. The molecule has 2 aromatic rings. The van der Waals surface area contributed by atoms with E-state index in [-0.39, 0.29) is 23.8 Å². The molecule has 1 aromatic heterocycles. The van der Waals surface area contributed by atoms with Gasteiger partial charge in [0.25, 0.3) is 5.91 Å². The van der Waals surface area contributed by atoms with Crippen LogP contribution >= 0.6 is 0 Å². The summed E-state index contributed by atoms with van der Waals surface area (Å²) in [6, 6.07) is 9.60. The summed E-state index contributed by atoms with van der Waals surface area (Å²) in [6.07, 6.45) is 1.09. The van der Waals surface area contributed by atoms with E-state index in [0.717, 1.165) is 0 Å². The Morgan fingerprint density at radius 2 is 1.74 bits per heavy atom. The van der Waals surface area contributed by atoms with Gasteiger partial charge < -0.3 is 15.7 Å². The number of benzene rings is 1. The zero-order valence-corrected chi connectivity index (χ0v) is 19.6. The van der Waals surface area contributed by atoms with Crippen LogP contribution < -0.4 is 16.0 Å². The maximum atomic E-state index is 13.1. The number of carbonyl (C=O) groups excluding carboxylic acids is 5. The molecule has 4 N–H and O–H groups in total. The maximum Gasteiger partial charge on any atom is 0.270 e. The highest BCUT2D eigenvalue weighted by molar-refractivity contribution is 6.16. The molecule has 4 atom stereocenters. The van der Waals surface area contributed by atoms with Crippen LogP contribution in [0.15, 0.2) is 48.7 Å². The van der Waals surface area contributed by atoms with Crippen molar-refractivity contribution in [3.8, 4) is 5.75 Å². The van der Waals surface area contributed by atoms with Gasteiger partial charge in [0.1, 0.15) is 17.4 Å². The predicted octanol–water partition coefficient (Wildman–Crippen LogP) is 1.27. The average molecular weight is 481 g/mol. The first-order valence-corrected chi connectivity index (χ1v) is 11.3. The van der Waals surface area contributed by atoms with Crippen molar-refractivity contribution in [2.24, 2.45) is 17.8 Å². The highest BCUT2D eigenvalue weighted by atomic mass is 16.3. The summed E-state index contributed by atoms with van der Waals surface area (Å²) in [5.41, 5.74) is 0.630. The molecular formula is C25H28N4O6. The van der Waals surface area contributed by atoms with Crippen LogP contribution in [0.1, 0.15) is 49.3 Å². The minimum atomic E-state index is -1.17. The molecule has 184 valence electrons. The molecule has 1 aliphatic rings. The van der Waals surface area contributed by atoms with Crippen molar-refractivity contribution >= 4 is 29.4 Å². The summed E-state index contributed by atoms with van der Waals surface area (Å²) in [4.78, 5) is 66.8. The van der Waals surface area contributed by atoms with Crippen molar-refractivity contribution in [2.45, 2.75) is 39.3 Å². The second kappa shape index (κ2) is 10.9. The van der Waals surface area contributed by atoms with Crippen LogP contribution in [0, 0.1) is 17.8 Å². The van der Waals surface area contributed by atoms with E-state index in [0.29, 0.717) is 5.56 Å². The smallest absolute Gasteiger partial charge is 0.270 e. The molecule has 0 unspecified atom stereocenters. The van der Waals surface area contributed by atoms with Crippen molar-refractivity contribution in [3.63, 3.8) is 0 Å². The Morgan fingerprint density at radius 1 is 1.06 bits per heavy atom. The molecule has 2 heterocycles. The quantitative estimate of drug-likeness (QED) is 0.311. The molecule has 0 spiro atoms. The van der Waals surface area contributed by atoms with Gasteiger partial charge in [-0.3, -0.25) is 34.3 Å². The van der Waals surface area contributed by atoms with Crippen molar-refractivity contribution < 1.29 is 29.1 Å². The first kappa shape index (κ1) is 25.5. The normalized spacial score (nSPS) is 19.1. The summed E-state index contributed by atoms with van der Waals surface area (Å²) in [6.45, 7) is 4.96. The van der Waals surface area contributed by atoms with Crippen LogP contribution in [0.4, 0.5) is 0 Å². The largest absolute Gasteiger partial charge is 0.508 e. The fourth-order valence-electron chi connectivity index (χ4n) is 3.96. The molecule has 1 aromatic carbocycles. The van der Waals surface area contributed by atoms with Crippen molar-refractivity contribution in [2.75, 3.05) is 0 Å². The number of nitrogens with zero attached hydrogens (tertiary/aromatic N) is 1. The second-order valence-electron chi connectivity index (χ2n) is 8.85. The van der Waals surface area contributed by atoms with E-state index in [1.165, 1.54) is 25.3 Å². The lowest BCUT2D eigenvalue weighted by atomic mass is 9.85. The number of rotatable bonds is 9. The minimum Gasteiger partial charge on any atom is -0.508 e. The van der Waals surface area contributed by atoms with E-state index in [9.17, 15) is 29.1 Å². The molecule has 3 rings (SSSR count). The first-order chi connectivity index (χ1) is 16.6. The van der Waals surface area contributed by atoms with Crippen LogP contribution in [0.3, 0.4) is 0 Å². The zero-order chi connectivity index (χ0) is 25.7. The van der Waals surface area contributed by atoms with E-state index in [1.807, 2.05) is 0 Å². The van der Waals surface area contributed by atoms with Gasteiger partial charge in [-0.05, 0) is 17.5 Å². The van der Waals surface area contributed by atoms with Crippen molar-refractivity contribution in [1.29, 1.82) is 0 Å². The molecule has 10 nitrogen and oxygen atoms in total. The Bertz CT molecular complexity index is 1130. The van der Waals surface area contributed by atoms with Gasteiger partial charge in [0.2, 0.25) is 17.7 Å². The average Bonchev–Trinajstić information content (AvgIpc) is 3.07. The monoisotopic (exact) mass is 480 g/mol. The van der Waals surface area contributed by atoms with E-state index >= 15 is 0 Å². The summed E-state index contributed by atoms with van der Waals surface area (Å²) < 4.78 is 0. The molecule has 0 aliphatic carbocycles. The number of carbonyl (C=O) groups is 5. The molecule has 0 radical (unpaired) electrons. The van der Waals surface area contributed by atoms with Gasteiger partial charge in [-0.25, -0.2) is 0 Å². The lowest BCUT2D eigenvalue weighted by Gasteiger charge is -2.26. The van der Waals surface area contributed by atoms with Gasteiger partial charge in [-0.2, -0.15) is 0 Å². The Morgan fingerprint density at radius 3 is 2.31 bits per heavy atom. The Hall–Kier alpha value is -4.08. The first-order valence-electron chi connectivity index (χ1n) is 11.3.